The summed E-state index contributed by atoms with van der Waals surface area (Å²) in [6.45, 7) is 4.68. The van der Waals surface area contributed by atoms with E-state index in [0.717, 1.165) is 16.8 Å². The Morgan fingerprint density at radius 3 is 2.56 bits per heavy atom. The quantitative estimate of drug-likeness (QED) is 0.629. The van der Waals surface area contributed by atoms with Crippen LogP contribution in [0.2, 0.25) is 0 Å². The lowest BCUT2D eigenvalue weighted by molar-refractivity contribution is 0.0638. The molecule has 6 nitrogen and oxygen atoms in total. The van der Waals surface area contributed by atoms with Crippen molar-refractivity contribution in [1.82, 2.24) is 4.90 Å². The largest absolute Gasteiger partial charge is 0.385 e. The first-order valence-corrected chi connectivity index (χ1v) is 8.80. The highest BCUT2D eigenvalue weighted by Gasteiger charge is 2.35. The second kappa shape index (κ2) is 7.72. The predicted molar refractivity (Wildman–Crippen MR) is 102 cm³/mol. The van der Waals surface area contributed by atoms with E-state index in [4.69, 9.17) is 4.74 Å². The van der Waals surface area contributed by atoms with Gasteiger partial charge in [-0.25, -0.2) is 0 Å². The monoisotopic (exact) mass is 366 g/mol. The summed E-state index contributed by atoms with van der Waals surface area (Å²) in [5, 5.41) is 2.87. The second-order valence-electron chi connectivity index (χ2n) is 6.57. The van der Waals surface area contributed by atoms with Gasteiger partial charge in [-0.05, 0) is 55.7 Å². The number of amides is 3. The lowest BCUT2D eigenvalue weighted by Gasteiger charge is -2.12. The van der Waals surface area contributed by atoms with Crippen LogP contribution in [0.1, 0.15) is 48.6 Å². The van der Waals surface area contributed by atoms with E-state index < -0.39 is 0 Å². The molecule has 2 aromatic carbocycles. The van der Waals surface area contributed by atoms with Gasteiger partial charge in [-0.2, -0.15) is 0 Å². The number of rotatable bonds is 6. The van der Waals surface area contributed by atoms with Crippen molar-refractivity contribution in [2.75, 3.05) is 25.6 Å². The Labute approximate surface area is 158 Å². The summed E-state index contributed by atoms with van der Waals surface area (Å²) in [7, 11) is 1.57. The van der Waals surface area contributed by atoms with Gasteiger partial charge in [0.15, 0.2) is 0 Å². The van der Waals surface area contributed by atoms with Crippen molar-refractivity contribution in [3.05, 3.63) is 64.2 Å². The number of nitrogens with one attached hydrogen (secondary N) is 1. The zero-order valence-electron chi connectivity index (χ0n) is 15.7. The van der Waals surface area contributed by atoms with Gasteiger partial charge in [0.05, 0.1) is 11.1 Å². The number of hydrogen-bond donors (Lipinski definition) is 1. The maximum atomic E-state index is 12.6. The van der Waals surface area contributed by atoms with Crippen LogP contribution in [0.3, 0.4) is 0 Å². The minimum Gasteiger partial charge on any atom is -0.385 e. The molecule has 2 aromatic rings. The first-order chi connectivity index (χ1) is 12.9. The van der Waals surface area contributed by atoms with Gasteiger partial charge in [-0.3, -0.25) is 19.3 Å². The molecule has 1 N–H and O–H groups in total. The molecule has 0 spiro atoms. The number of benzene rings is 2. The van der Waals surface area contributed by atoms with E-state index in [9.17, 15) is 14.4 Å². The number of carbonyl (C=O) groups is 3. The Morgan fingerprint density at radius 1 is 1.07 bits per heavy atom. The molecular formula is C21H22N2O4. The first-order valence-electron chi connectivity index (χ1n) is 8.80. The summed E-state index contributed by atoms with van der Waals surface area (Å²) < 4.78 is 4.97. The topological polar surface area (TPSA) is 75.7 Å². The van der Waals surface area contributed by atoms with E-state index in [1.165, 1.54) is 11.0 Å². The number of nitrogens with zero attached hydrogens (tertiary/aromatic N) is 1. The fourth-order valence-electron chi connectivity index (χ4n) is 3.08. The molecule has 3 rings (SSSR count). The van der Waals surface area contributed by atoms with Crippen molar-refractivity contribution in [3.63, 3.8) is 0 Å². The van der Waals surface area contributed by atoms with E-state index >= 15 is 0 Å². The van der Waals surface area contributed by atoms with Crippen LogP contribution in [-0.4, -0.2) is 42.9 Å². The summed E-state index contributed by atoms with van der Waals surface area (Å²) in [4.78, 5) is 38.8. The molecular weight excluding hydrogens is 344 g/mol. The van der Waals surface area contributed by atoms with Gasteiger partial charge in [0, 0.05) is 31.5 Å². The summed E-state index contributed by atoms with van der Waals surface area (Å²) in [5.41, 5.74) is 3.74. The molecule has 0 aliphatic carbocycles. The van der Waals surface area contributed by atoms with Crippen LogP contribution in [0.25, 0.3) is 0 Å². The molecule has 0 atom stereocenters. The zero-order chi connectivity index (χ0) is 19.6. The molecule has 27 heavy (non-hydrogen) atoms. The SMILES string of the molecule is COCCCN1C(=O)c2ccc(C(=O)Nc3cccc(C)c3C)cc2C1=O. The molecule has 6 heteroatoms. The van der Waals surface area contributed by atoms with E-state index in [-0.39, 0.29) is 23.3 Å². The molecule has 1 heterocycles. The molecule has 0 unspecified atom stereocenters. The van der Waals surface area contributed by atoms with Crippen molar-refractivity contribution in [1.29, 1.82) is 0 Å². The highest BCUT2D eigenvalue weighted by atomic mass is 16.5. The Balaban J connectivity index is 1.81. The van der Waals surface area contributed by atoms with Crippen molar-refractivity contribution in [2.45, 2.75) is 20.3 Å². The van der Waals surface area contributed by atoms with Gasteiger partial charge in [0.25, 0.3) is 17.7 Å². The summed E-state index contributed by atoms with van der Waals surface area (Å²) in [6.07, 6.45) is 0.571. The third-order valence-corrected chi connectivity index (χ3v) is 4.82. The minimum absolute atomic E-state index is 0.269. The smallest absolute Gasteiger partial charge is 0.261 e. The minimum atomic E-state index is -0.368. The van der Waals surface area contributed by atoms with Crippen molar-refractivity contribution in [3.8, 4) is 0 Å². The molecule has 0 saturated carbocycles. The van der Waals surface area contributed by atoms with Crippen LogP contribution in [-0.2, 0) is 4.74 Å². The van der Waals surface area contributed by atoms with Crippen molar-refractivity contribution in [2.24, 2.45) is 0 Å². The van der Waals surface area contributed by atoms with Gasteiger partial charge in [-0.15, -0.1) is 0 Å². The number of methoxy groups -OCH3 is 1. The lowest BCUT2D eigenvalue weighted by atomic mass is 10.0. The van der Waals surface area contributed by atoms with Crippen molar-refractivity contribution < 1.29 is 19.1 Å². The fraction of sp³-hybridized carbons (Fsp3) is 0.286. The molecule has 3 amide bonds. The Bertz CT molecular complexity index is 920. The summed E-state index contributed by atoms with van der Waals surface area (Å²) in [6, 6.07) is 10.3. The van der Waals surface area contributed by atoms with E-state index in [0.29, 0.717) is 30.7 Å². The molecule has 1 aliphatic rings. The standard InChI is InChI=1S/C21H22N2O4/c1-13-6-4-7-18(14(13)2)22-19(24)15-8-9-16-17(12-15)21(26)23(20(16)25)10-5-11-27-3/h4,6-9,12H,5,10-11H2,1-3H3,(H,22,24). The molecule has 1 aliphatic heterocycles. The maximum Gasteiger partial charge on any atom is 0.261 e. The number of anilines is 1. The number of ether oxygens (including phenoxy) is 1. The first kappa shape index (κ1) is 18.8. The summed E-state index contributed by atoms with van der Waals surface area (Å²) >= 11 is 0. The van der Waals surface area contributed by atoms with Crippen molar-refractivity contribution >= 4 is 23.4 Å². The van der Waals surface area contributed by atoms with Crippen LogP contribution in [0, 0.1) is 13.8 Å². The van der Waals surface area contributed by atoms with Crippen LogP contribution < -0.4 is 5.32 Å². The number of hydrogen-bond acceptors (Lipinski definition) is 4. The maximum absolute atomic E-state index is 12.6. The van der Waals surface area contributed by atoms with Gasteiger partial charge in [-0.1, -0.05) is 12.1 Å². The van der Waals surface area contributed by atoms with Crippen LogP contribution in [0.5, 0.6) is 0 Å². The third-order valence-electron chi connectivity index (χ3n) is 4.82. The van der Waals surface area contributed by atoms with E-state index in [1.807, 2.05) is 32.0 Å². The predicted octanol–water partition coefficient (Wildman–Crippen LogP) is 3.19. The van der Waals surface area contributed by atoms with Gasteiger partial charge >= 0.3 is 0 Å². The van der Waals surface area contributed by atoms with E-state index in [2.05, 4.69) is 5.32 Å². The van der Waals surface area contributed by atoms with Gasteiger partial charge in [0.2, 0.25) is 0 Å². The Kier molecular flexibility index (Phi) is 5.37. The zero-order valence-corrected chi connectivity index (χ0v) is 15.7. The van der Waals surface area contributed by atoms with Crippen LogP contribution >= 0.6 is 0 Å². The van der Waals surface area contributed by atoms with Gasteiger partial charge < -0.3 is 10.1 Å². The normalized spacial score (nSPS) is 13.1. The van der Waals surface area contributed by atoms with Crippen LogP contribution in [0.15, 0.2) is 36.4 Å². The number of imide groups is 1. The lowest BCUT2D eigenvalue weighted by Crippen LogP contribution is -2.31. The molecule has 0 saturated heterocycles. The average molecular weight is 366 g/mol. The fourth-order valence-corrected chi connectivity index (χ4v) is 3.08. The number of aryl methyl sites for hydroxylation is 1. The average Bonchev–Trinajstić information content (AvgIpc) is 2.90. The molecule has 0 radical (unpaired) electrons. The van der Waals surface area contributed by atoms with E-state index in [1.54, 1.807) is 19.2 Å². The number of fused-ring (bicyclic) bond motifs is 1. The second-order valence-corrected chi connectivity index (χ2v) is 6.57. The summed E-state index contributed by atoms with van der Waals surface area (Å²) in [5.74, 6) is -1.01. The third kappa shape index (κ3) is 3.61. The van der Waals surface area contributed by atoms with Crippen LogP contribution in [0.4, 0.5) is 5.69 Å². The molecule has 140 valence electrons. The molecule has 0 fully saturated rings. The Morgan fingerprint density at radius 2 is 1.81 bits per heavy atom. The van der Waals surface area contributed by atoms with Gasteiger partial charge in [0.1, 0.15) is 0 Å². The molecule has 0 aromatic heterocycles. The highest BCUT2D eigenvalue weighted by Crippen LogP contribution is 2.25. The Hall–Kier alpha value is -2.99. The highest BCUT2D eigenvalue weighted by molar-refractivity contribution is 6.22. The number of carbonyl (C=O) groups excluding carboxylic acids is 3. The molecule has 0 bridgehead atoms.